The minimum atomic E-state index is -0.295. The smallest absolute Gasteiger partial charge is 0.0737 e. The van der Waals surface area contributed by atoms with Gasteiger partial charge < -0.3 is 9.97 Å². The quantitative estimate of drug-likeness (QED) is 0.260. The van der Waals surface area contributed by atoms with Crippen LogP contribution < -0.4 is 0 Å². The van der Waals surface area contributed by atoms with E-state index in [0.29, 0.717) is 11.3 Å². The highest BCUT2D eigenvalue weighted by molar-refractivity contribution is 5.94. The number of nitrogens with zero attached hydrogens (tertiary/aromatic N) is 2. The summed E-state index contributed by atoms with van der Waals surface area (Å²) in [6.07, 6.45) is 9.56. The van der Waals surface area contributed by atoms with Crippen molar-refractivity contribution in [2.24, 2.45) is 0 Å². The van der Waals surface area contributed by atoms with E-state index in [1.165, 1.54) is 6.08 Å². The zero-order valence-electron chi connectivity index (χ0n) is 22.4. The van der Waals surface area contributed by atoms with Crippen LogP contribution in [0.1, 0.15) is 31.1 Å². The summed E-state index contributed by atoms with van der Waals surface area (Å²) in [5.41, 5.74) is 11.5. The van der Waals surface area contributed by atoms with Crippen molar-refractivity contribution in [1.29, 1.82) is 0 Å². The molecule has 38 heavy (non-hydrogen) atoms. The lowest BCUT2D eigenvalue weighted by atomic mass is 10.0. The molecule has 4 nitrogen and oxygen atoms in total. The van der Waals surface area contributed by atoms with E-state index >= 15 is 0 Å². The molecule has 0 unspecified atom stereocenters. The molecule has 0 fully saturated rings. The summed E-state index contributed by atoms with van der Waals surface area (Å²) < 4.78 is 15.9. The van der Waals surface area contributed by atoms with Gasteiger partial charge >= 0.3 is 0 Å². The van der Waals surface area contributed by atoms with Gasteiger partial charge in [0, 0.05) is 38.8 Å². The van der Waals surface area contributed by atoms with Gasteiger partial charge in [-0.1, -0.05) is 73.3 Å². The Morgan fingerprint density at radius 3 is 1.95 bits per heavy atom. The Morgan fingerprint density at radius 2 is 1.21 bits per heavy atom. The molecule has 8 bridgehead atoms. The van der Waals surface area contributed by atoms with Crippen molar-refractivity contribution in [3.63, 3.8) is 0 Å². The average Bonchev–Trinajstić information content (AvgIpc) is 3.78. The van der Waals surface area contributed by atoms with E-state index in [4.69, 9.17) is 12.7 Å². The molecule has 2 aliphatic heterocycles. The molecule has 180 valence electrons. The molecule has 0 saturated carbocycles. The van der Waals surface area contributed by atoms with Crippen molar-refractivity contribution in [1.82, 2.24) is 19.9 Å². The van der Waals surface area contributed by atoms with Gasteiger partial charge in [-0.25, -0.2) is 9.97 Å². The van der Waals surface area contributed by atoms with Gasteiger partial charge in [0.05, 0.1) is 25.5 Å². The Hall–Kier alpha value is -5.22. The molecule has 0 radical (unpaired) electrons. The Bertz CT molecular complexity index is 1970. The number of hydrogen-bond acceptors (Lipinski definition) is 2. The fourth-order valence-electron chi connectivity index (χ4n) is 5.13. The van der Waals surface area contributed by atoms with Crippen LogP contribution >= 0.6 is 0 Å². The maximum absolute atomic E-state index is 7.95. The molecule has 0 atom stereocenters. The van der Waals surface area contributed by atoms with Crippen molar-refractivity contribution >= 4 is 52.4 Å². The zero-order chi connectivity index (χ0) is 27.1. The predicted octanol–water partition coefficient (Wildman–Crippen LogP) is 8.63. The van der Waals surface area contributed by atoms with E-state index in [-0.39, 0.29) is 6.53 Å². The van der Waals surface area contributed by atoms with E-state index < -0.39 is 0 Å². The lowest BCUT2D eigenvalue weighted by molar-refractivity contribution is 1.30. The number of nitrogens with one attached hydrogen (secondary N) is 2. The number of H-pyrrole nitrogens is 2. The molecular weight excluding hydrogens is 464 g/mol. The number of aromatic amines is 2. The Kier molecular flexibility index (Phi) is 4.72. The molecule has 3 aromatic heterocycles. The van der Waals surface area contributed by atoms with E-state index in [1.54, 1.807) is 0 Å². The standard InChI is InChI=1S/C34H24N4/c1-2-26-27-17-19-31(37-27)33(22-9-5-3-6-10-22)29-15-13-24(35-29)21-25-14-16-30(36-25)34(23-11-7-4-8-12-23)32-20-18-28(26)38-32/h2-21,35,38H,1H2/i1D2. The first kappa shape index (κ1) is 19.9. The van der Waals surface area contributed by atoms with Gasteiger partial charge in [-0.3, -0.25) is 0 Å². The average molecular weight is 491 g/mol. The molecule has 2 N–H and O–H groups in total. The van der Waals surface area contributed by atoms with Crippen LogP contribution in [0.3, 0.4) is 0 Å². The van der Waals surface area contributed by atoms with Gasteiger partial charge in [-0.15, -0.1) is 0 Å². The molecule has 4 heteroatoms. The van der Waals surface area contributed by atoms with Gasteiger partial charge in [0.15, 0.2) is 0 Å². The third kappa shape index (κ3) is 3.80. The summed E-state index contributed by atoms with van der Waals surface area (Å²) >= 11 is 0. The molecule has 5 heterocycles. The molecule has 0 spiro atoms. The van der Waals surface area contributed by atoms with Gasteiger partial charge in [-0.05, 0) is 65.8 Å². The Balaban J connectivity index is 1.65. The summed E-state index contributed by atoms with van der Waals surface area (Å²) in [6.45, 7) is -0.295. The highest BCUT2D eigenvalue weighted by Crippen LogP contribution is 2.33. The van der Waals surface area contributed by atoms with Gasteiger partial charge in [0.25, 0.3) is 0 Å². The van der Waals surface area contributed by atoms with Crippen molar-refractivity contribution < 1.29 is 2.74 Å². The SMILES string of the molecule is [2H]C([2H])=Cc1c2nc(c(-c3ccccc3)c3ccc(cc4nc(c(-c5ccccc5)c5ccc1[nH]5)C=C4)[nH]3)C=C2. The maximum Gasteiger partial charge on any atom is 0.0737 e. The van der Waals surface area contributed by atoms with Crippen molar-refractivity contribution in [2.75, 3.05) is 0 Å². The monoisotopic (exact) mass is 490 g/mol. The molecule has 0 aliphatic carbocycles. The highest BCUT2D eigenvalue weighted by atomic mass is 14.8. The lowest BCUT2D eigenvalue weighted by Crippen LogP contribution is -1.87. The van der Waals surface area contributed by atoms with E-state index in [2.05, 4.69) is 52.4 Å². The fourth-order valence-corrected chi connectivity index (χ4v) is 5.13. The maximum atomic E-state index is 7.95. The van der Waals surface area contributed by atoms with Crippen LogP contribution in [0, 0.1) is 0 Å². The van der Waals surface area contributed by atoms with Crippen LogP contribution in [0.15, 0.2) is 97.5 Å². The minimum absolute atomic E-state index is 0.295. The second-order valence-electron chi connectivity index (χ2n) is 9.27. The molecule has 5 aromatic rings. The summed E-state index contributed by atoms with van der Waals surface area (Å²) in [5, 5.41) is 0. The minimum Gasteiger partial charge on any atom is -0.355 e. The predicted molar refractivity (Wildman–Crippen MR) is 160 cm³/mol. The molecule has 2 aliphatic rings. The number of aromatic nitrogens is 4. The van der Waals surface area contributed by atoms with Crippen LogP contribution in [-0.2, 0) is 0 Å². The molecule has 0 saturated heterocycles. The van der Waals surface area contributed by atoms with E-state index in [9.17, 15) is 0 Å². The number of benzene rings is 2. The first-order valence-electron chi connectivity index (χ1n) is 13.5. The number of fused-ring (bicyclic) bond motifs is 8. The third-order valence-electron chi connectivity index (χ3n) is 6.89. The first-order valence-corrected chi connectivity index (χ1v) is 12.5. The molecule has 0 amide bonds. The summed E-state index contributed by atoms with van der Waals surface area (Å²) in [5.74, 6) is 0. The topological polar surface area (TPSA) is 57.4 Å². The lowest BCUT2D eigenvalue weighted by Gasteiger charge is -2.04. The summed E-state index contributed by atoms with van der Waals surface area (Å²) in [7, 11) is 0. The van der Waals surface area contributed by atoms with E-state index in [0.717, 1.165) is 61.4 Å². The Labute approximate surface area is 223 Å². The van der Waals surface area contributed by atoms with E-state index in [1.807, 2.05) is 72.8 Å². The largest absolute Gasteiger partial charge is 0.355 e. The van der Waals surface area contributed by atoms with Crippen LogP contribution in [0.4, 0.5) is 0 Å². The van der Waals surface area contributed by atoms with Crippen molar-refractivity contribution in [3.05, 3.63) is 126 Å². The number of rotatable bonds is 3. The second kappa shape index (κ2) is 9.02. The van der Waals surface area contributed by atoms with Crippen molar-refractivity contribution in [3.8, 4) is 22.3 Å². The highest BCUT2D eigenvalue weighted by Gasteiger charge is 2.14. The van der Waals surface area contributed by atoms with Crippen LogP contribution in [0.5, 0.6) is 0 Å². The summed E-state index contributed by atoms with van der Waals surface area (Å²) in [6, 6.07) is 30.6. The first-order chi connectivity index (χ1) is 19.6. The van der Waals surface area contributed by atoms with Crippen LogP contribution in [0.2, 0.25) is 0 Å². The van der Waals surface area contributed by atoms with Crippen molar-refractivity contribution in [2.45, 2.75) is 0 Å². The fraction of sp³-hybridized carbons (Fsp3) is 0. The zero-order valence-corrected chi connectivity index (χ0v) is 20.4. The van der Waals surface area contributed by atoms with Crippen LogP contribution in [0.25, 0.3) is 74.7 Å². The molecule has 7 rings (SSSR count). The normalized spacial score (nSPS) is 12.7. The second-order valence-corrected chi connectivity index (χ2v) is 9.27. The van der Waals surface area contributed by atoms with Gasteiger partial charge in [0.2, 0.25) is 0 Å². The molecular formula is C34H24N4. The molecule has 2 aromatic carbocycles. The summed E-state index contributed by atoms with van der Waals surface area (Å²) in [4.78, 5) is 17.1. The third-order valence-corrected chi connectivity index (χ3v) is 6.89. The number of hydrogen-bond donors (Lipinski definition) is 2. The van der Waals surface area contributed by atoms with Gasteiger partial charge in [-0.2, -0.15) is 0 Å². The van der Waals surface area contributed by atoms with Gasteiger partial charge in [0.1, 0.15) is 0 Å². The Morgan fingerprint density at radius 1 is 0.605 bits per heavy atom. The van der Waals surface area contributed by atoms with Crippen LogP contribution in [-0.4, -0.2) is 19.9 Å².